The molecule has 7 heteroatoms. The first-order valence-corrected chi connectivity index (χ1v) is 8.44. The Morgan fingerprint density at radius 1 is 1.29 bits per heavy atom. The number of guanidine groups is 1. The Balaban J connectivity index is 0.00000208. The van der Waals surface area contributed by atoms with Gasteiger partial charge in [-0.3, -0.25) is 9.89 Å². The maximum absolute atomic E-state index is 5.89. The minimum Gasteiger partial charge on any atom is -0.492 e. The van der Waals surface area contributed by atoms with Gasteiger partial charge < -0.3 is 20.1 Å². The first-order valence-electron chi connectivity index (χ1n) is 8.44. The molecule has 0 unspecified atom stereocenters. The summed E-state index contributed by atoms with van der Waals surface area (Å²) in [5.41, 5.74) is 1.20. The number of nitrogens with one attached hydrogen (secondary N) is 2. The molecule has 0 aliphatic carbocycles. The maximum Gasteiger partial charge on any atom is 0.191 e. The molecule has 1 aromatic carbocycles. The first kappa shape index (κ1) is 19.3. The van der Waals surface area contributed by atoms with Crippen LogP contribution in [0.5, 0.6) is 5.75 Å². The molecule has 1 fully saturated rings. The van der Waals surface area contributed by atoms with Gasteiger partial charge in [-0.15, -0.1) is 24.0 Å². The van der Waals surface area contributed by atoms with Gasteiger partial charge in [-0.25, -0.2) is 0 Å². The molecule has 0 bridgehead atoms. The molecule has 0 radical (unpaired) electrons. The summed E-state index contributed by atoms with van der Waals surface area (Å²) >= 11 is 0. The molecule has 0 atom stereocenters. The third-order valence-corrected chi connectivity index (χ3v) is 4.04. The van der Waals surface area contributed by atoms with Crippen LogP contribution >= 0.6 is 24.0 Å². The molecule has 0 amide bonds. The lowest BCUT2D eigenvalue weighted by atomic mass is 10.2. The van der Waals surface area contributed by atoms with Gasteiger partial charge >= 0.3 is 0 Å². The standard InChI is InChI=1S/C17H26N4O2.HI/c1-3-15(14-20-17-18-5-2-6-19-17)13-16(4-1)23-12-9-21-7-10-22-11-8-21;/h1,3-4,13H,2,5-12,14H2,(H2,18,19,20);1H. The van der Waals surface area contributed by atoms with E-state index in [2.05, 4.69) is 32.7 Å². The second-order valence-electron chi connectivity index (χ2n) is 5.81. The van der Waals surface area contributed by atoms with E-state index in [1.807, 2.05) is 12.1 Å². The molecule has 0 spiro atoms. The van der Waals surface area contributed by atoms with Gasteiger partial charge in [0.15, 0.2) is 5.96 Å². The van der Waals surface area contributed by atoms with E-state index < -0.39 is 0 Å². The van der Waals surface area contributed by atoms with Crippen molar-refractivity contribution in [3.63, 3.8) is 0 Å². The van der Waals surface area contributed by atoms with E-state index in [4.69, 9.17) is 9.47 Å². The van der Waals surface area contributed by atoms with Crippen molar-refractivity contribution in [3.05, 3.63) is 29.8 Å². The fourth-order valence-corrected chi connectivity index (χ4v) is 2.70. The Kier molecular flexibility index (Phi) is 8.62. The maximum atomic E-state index is 5.89. The van der Waals surface area contributed by atoms with E-state index in [0.29, 0.717) is 6.61 Å². The second kappa shape index (κ2) is 10.7. The molecule has 24 heavy (non-hydrogen) atoms. The normalized spacial score (nSPS) is 18.1. The molecule has 2 aliphatic rings. The average molecular weight is 446 g/mol. The highest BCUT2D eigenvalue weighted by molar-refractivity contribution is 14.0. The summed E-state index contributed by atoms with van der Waals surface area (Å²) in [7, 11) is 0. The lowest BCUT2D eigenvalue weighted by molar-refractivity contribution is 0.0322. The van der Waals surface area contributed by atoms with E-state index in [0.717, 1.165) is 70.6 Å². The fourth-order valence-electron chi connectivity index (χ4n) is 2.70. The molecule has 2 heterocycles. The second-order valence-corrected chi connectivity index (χ2v) is 5.81. The zero-order valence-corrected chi connectivity index (χ0v) is 16.3. The van der Waals surface area contributed by atoms with Gasteiger partial charge in [0, 0.05) is 39.3 Å². The van der Waals surface area contributed by atoms with Crippen LogP contribution in [-0.2, 0) is 11.3 Å². The molecule has 1 saturated heterocycles. The summed E-state index contributed by atoms with van der Waals surface area (Å²) < 4.78 is 11.2. The van der Waals surface area contributed by atoms with E-state index in [1.165, 1.54) is 5.56 Å². The Hall–Kier alpha value is -1.06. The monoisotopic (exact) mass is 446 g/mol. The summed E-state index contributed by atoms with van der Waals surface area (Å²) in [6.45, 7) is 7.99. The highest BCUT2D eigenvalue weighted by atomic mass is 127. The van der Waals surface area contributed by atoms with Gasteiger partial charge in [0.1, 0.15) is 12.4 Å². The molecule has 3 rings (SSSR count). The van der Waals surface area contributed by atoms with Crippen molar-refractivity contribution in [1.29, 1.82) is 0 Å². The summed E-state index contributed by atoms with van der Waals surface area (Å²) in [5, 5.41) is 6.60. The summed E-state index contributed by atoms with van der Waals surface area (Å²) in [6, 6.07) is 8.25. The first-order chi connectivity index (χ1) is 11.4. The van der Waals surface area contributed by atoms with Crippen LogP contribution in [0.2, 0.25) is 0 Å². The van der Waals surface area contributed by atoms with Gasteiger partial charge in [-0.1, -0.05) is 12.1 Å². The topological polar surface area (TPSA) is 58.1 Å². The van der Waals surface area contributed by atoms with Gasteiger partial charge in [0.2, 0.25) is 0 Å². The Labute approximate surface area is 161 Å². The number of aliphatic imine (C=N–C) groups is 1. The number of morpholine rings is 1. The lowest BCUT2D eigenvalue weighted by Crippen LogP contribution is -2.40. The highest BCUT2D eigenvalue weighted by Gasteiger charge is 2.10. The quantitative estimate of drug-likeness (QED) is 0.649. The molecule has 0 saturated carbocycles. The van der Waals surface area contributed by atoms with E-state index in [1.54, 1.807) is 0 Å². The largest absolute Gasteiger partial charge is 0.492 e. The zero-order valence-electron chi connectivity index (χ0n) is 14.0. The van der Waals surface area contributed by atoms with Crippen molar-refractivity contribution in [3.8, 4) is 5.75 Å². The number of halogens is 1. The Morgan fingerprint density at radius 3 is 2.96 bits per heavy atom. The molecule has 2 N–H and O–H groups in total. The minimum atomic E-state index is 0. The van der Waals surface area contributed by atoms with Crippen molar-refractivity contribution >= 4 is 29.9 Å². The third-order valence-electron chi connectivity index (χ3n) is 4.04. The van der Waals surface area contributed by atoms with Crippen LogP contribution in [0.4, 0.5) is 0 Å². The number of rotatable bonds is 6. The average Bonchev–Trinajstić information content (AvgIpc) is 2.62. The van der Waals surface area contributed by atoms with E-state index >= 15 is 0 Å². The van der Waals surface area contributed by atoms with Gasteiger partial charge in [-0.05, 0) is 24.1 Å². The molecule has 6 nitrogen and oxygen atoms in total. The SMILES string of the molecule is I.c1cc(CNC2=NCCCN2)cc(OCCN2CCOCC2)c1. The zero-order chi connectivity index (χ0) is 15.7. The van der Waals surface area contributed by atoms with Crippen LogP contribution in [0.15, 0.2) is 29.3 Å². The Bertz CT molecular complexity index is 521. The van der Waals surface area contributed by atoms with Gasteiger partial charge in [0.25, 0.3) is 0 Å². The number of ether oxygens (including phenoxy) is 2. The minimum absolute atomic E-state index is 0. The van der Waals surface area contributed by atoms with Gasteiger partial charge in [-0.2, -0.15) is 0 Å². The number of hydrogen-bond acceptors (Lipinski definition) is 6. The van der Waals surface area contributed by atoms with Crippen molar-refractivity contribution in [2.45, 2.75) is 13.0 Å². The van der Waals surface area contributed by atoms with Crippen molar-refractivity contribution in [2.24, 2.45) is 4.99 Å². The summed E-state index contributed by atoms with van der Waals surface area (Å²) in [4.78, 5) is 6.79. The summed E-state index contributed by atoms with van der Waals surface area (Å²) in [5.74, 6) is 1.82. The van der Waals surface area contributed by atoms with Crippen molar-refractivity contribution in [2.75, 3.05) is 52.5 Å². The van der Waals surface area contributed by atoms with Crippen LogP contribution in [0, 0.1) is 0 Å². The molecular formula is C17H27IN4O2. The van der Waals surface area contributed by atoms with E-state index in [9.17, 15) is 0 Å². The number of hydrogen-bond donors (Lipinski definition) is 2. The fraction of sp³-hybridized carbons (Fsp3) is 0.588. The van der Waals surface area contributed by atoms with Gasteiger partial charge in [0.05, 0.1) is 13.2 Å². The van der Waals surface area contributed by atoms with Crippen LogP contribution in [0.1, 0.15) is 12.0 Å². The third kappa shape index (κ3) is 6.45. The predicted molar refractivity (Wildman–Crippen MR) is 106 cm³/mol. The Morgan fingerprint density at radius 2 is 2.17 bits per heavy atom. The molecule has 134 valence electrons. The van der Waals surface area contributed by atoms with Crippen molar-refractivity contribution < 1.29 is 9.47 Å². The molecule has 2 aliphatic heterocycles. The van der Waals surface area contributed by atoms with Crippen molar-refractivity contribution in [1.82, 2.24) is 15.5 Å². The highest BCUT2D eigenvalue weighted by Crippen LogP contribution is 2.13. The van der Waals surface area contributed by atoms with Crippen LogP contribution in [0.25, 0.3) is 0 Å². The molecule has 0 aromatic heterocycles. The smallest absolute Gasteiger partial charge is 0.191 e. The summed E-state index contributed by atoms with van der Waals surface area (Å²) in [6.07, 6.45) is 1.11. The van der Waals surface area contributed by atoms with Crippen LogP contribution < -0.4 is 15.4 Å². The number of benzene rings is 1. The lowest BCUT2D eigenvalue weighted by Gasteiger charge is -2.26. The van der Waals surface area contributed by atoms with Crippen LogP contribution in [0.3, 0.4) is 0 Å². The number of nitrogens with zero attached hydrogens (tertiary/aromatic N) is 2. The molecule has 1 aromatic rings. The van der Waals surface area contributed by atoms with Crippen LogP contribution in [-0.4, -0.2) is 63.4 Å². The molecular weight excluding hydrogens is 419 g/mol. The predicted octanol–water partition coefficient (Wildman–Crippen LogP) is 1.45. The van der Waals surface area contributed by atoms with E-state index in [-0.39, 0.29) is 24.0 Å².